The number of benzene rings is 3. The van der Waals surface area contributed by atoms with Crippen molar-refractivity contribution in [2.45, 2.75) is 12.7 Å². The van der Waals surface area contributed by atoms with Gasteiger partial charge in [0.1, 0.15) is 5.82 Å². The summed E-state index contributed by atoms with van der Waals surface area (Å²) in [4.78, 5) is 19.2. The topological polar surface area (TPSA) is 75.1 Å². The molecule has 0 saturated heterocycles. The van der Waals surface area contributed by atoms with Crippen molar-refractivity contribution >= 4 is 34.3 Å². The molecule has 2 N–H and O–H groups in total. The lowest BCUT2D eigenvalue weighted by Gasteiger charge is -2.15. The first-order chi connectivity index (χ1) is 15.2. The molecule has 4 aromatic rings. The second-order valence-electron chi connectivity index (χ2n) is 6.92. The average molecular weight is 458 g/mol. The Balaban J connectivity index is 1.77. The molecule has 5 nitrogen and oxygen atoms in total. The maximum atomic E-state index is 13.3. The molecule has 0 saturated carbocycles. The maximum Gasteiger partial charge on any atom is 0.451 e. The van der Waals surface area contributed by atoms with Crippen LogP contribution >= 0.6 is 11.6 Å². The SMILES string of the molecule is O=C(O)c1c(CNc2nc(C(F)(F)F)nc3cc(Cl)ccc23)cccc1-c1ccccc1. The first-order valence-corrected chi connectivity index (χ1v) is 9.81. The van der Waals surface area contributed by atoms with Crippen molar-refractivity contribution in [3.8, 4) is 11.1 Å². The van der Waals surface area contributed by atoms with Crippen LogP contribution in [-0.4, -0.2) is 21.0 Å². The number of aromatic nitrogens is 2. The smallest absolute Gasteiger partial charge is 0.451 e. The molecule has 0 amide bonds. The zero-order valence-electron chi connectivity index (χ0n) is 16.3. The van der Waals surface area contributed by atoms with Gasteiger partial charge >= 0.3 is 12.1 Å². The molecule has 32 heavy (non-hydrogen) atoms. The van der Waals surface area contributed by atoms with Crippen molar-refractivity contribution in [1.82, 2.24) is 9.97 Å². The molecule has 4 rings (SSSR count). The zero-order valence-corrected chi connectivity index (χ0v) is 17.1. The number of aromatic carboxylic acids is 1. The van der Waals surface area contributed by atoms with Crippen molar-refractivity contribution in [3.05, 3.63) is 88.7 Å². The summed E-state index contributed by atoms with van der Waals surface area (Å²) in [6.45, 7) is -0.0612. The molecule has 0 bridgehead atoms. The normalized spacial score (nSPS) is 11.5. The van der Waals surface area contributed by atoms with Crippen molar-refractivity contribution in [2.24, 2.45) is 0 Å². The number of carbonyl (C=O) groups is 1. The van der Waals surface area contributed by atoms with Gasteiger partial charge < -0.3 is 10.4 Å². The van der Waals surface area contributed by atoms with Crippen molar-refractivity contribution in [1.29, 1.82) is 0 Å². The lowest BCUT2D eigenvalue weighted by molar-refractivity contribution is -0.144. The Labute approximate surface area is 185 Å². The number of rotatable bonds is 5. The van der Waals surface area contributed by atoms with Gasteiger partial charge in [-0.1, -0.05) is 60.1 Å². The molecule has 9 heteroatoms. The van der Waals surface area contributed by atoms with Crippen LogP contribution in [0.15, 0.2) is 66.7 Å². The fourth-order valence-corrected chi connectivity index (χ4v) is 3.57. The largest absolute Gasteiger partial charge is 0.478 e. The lowest BCUT2D eigenvalue weighted by Crippen LogP contribution is -2.14. The van der Waals surface area contributed by atoms with E-state index in [-0.39, 0.29) is 28.5 Å². The highest BCUT2D eigenvalue weighted by atomic mass is 35.5. The van der Waals surface area contributed by atoms with E-state index in [1.807, 2.05) is 6.07 Å². The van der Waals surface area contributed by atoms with E-state index in [1.54, 1.807) is 42.5 Å². The first kappa shape index (κ1) is 21.6. The minimum Gasteiger partial charge on any atom is -0.478 e. The first-order valence-electron chi connectivity index (χ1n) is 9.43. The summed E-state index contributed by atoms with van der Waals surface area (Å²) >= 11 is 5.91. The number of anilines is 1. The Morgan fingerprint density at radius 3 is 2.44 bits per heavy atom. The molecule has 0 unspecified atom stereocenters. The molecular formula is C23H15ClF3N3O2. The molecule has 0 aliphatic rings. The molecule has 0 atom stereocenters. The van der Waals surface area contributed by atoms with Gasteiger partial charge in [-0.15, -0.1) is 0 Å². The monoisotopic (exact) mass is 457 g/mol. The minimum absolute atomic E-state index is 0.0267. The quantitative estimate of drug-likeness (QED) is 0.369. The van der Waals surface area contributed by atoms with E-state index in [0.717, 1.165) is 0 Å². The highest BCUT2D eigenvalue weighted by molar-refractivity contribution is 6.31. The summed E-state index contributed by atoms with van der Waals surface area (Å²) in [5, 5.41) is 13.3. The molecule has 0 radical (unpaired) electrons. The van der Waals surface area contributed by atoms with Crippen LogP contribution < -0.4 is 5.32 Å². The molecule has 1 aromatic heterocycles. The third-order valence-corrected chi connectivity index (χ3v) is 5.04. The molecule has 0 aliphatic heterocycles. The number of carboxylic acid groups (broad SMARTS) is 1. The van der Waals surface area contributed by atoms with Gasteiger partial charge in [0.05, 0.1) is 11.1 Å². The van der Waals surface area contributed by atoms with E-state index in [0.29, 0.717) is 22.1 Å². The second kappa shape index (κ2) is 8.47. The predicted octanol–water partition coefficient (Wildman–Crippen LogP) is 6.28. The third kappa shape index (κ3) is 4.36. The lowest BCUT2D eigenvalue weighted by atomic mass is 9.95. The highest BCUT2D eigenvalue weighted by Gasteiger charge is 2.35. The number of hydrogen-bond donors (Lipinski definition) is 2. The Hall–Kier alpha value is -3.65. The van der Waals surface area contributed by atoms with Crippen LogP contribution in [0.4, 0.5) is 19.0 Å². The van der Waals surface area contributed by atoms with Crippen LogP contribution in [-0.2, 0) is 12.7 Å². The predicted molar refractivity (Wildman–Crippen MR) is 116 cm³/mol. The maximum absolute atomic E-state index is 13.3. The van der Waals surface area contributed by atoms with Gasteiger partial charge in [-0.25, -0.2) is 14.8 Å². The van der Waals surface area contributed by atoms with Gasteiger partial charge in [0.25, 0.3) is 0 Å². The Bertz CT molecular complexity index is 1310. The number of halogens is 4. The number of fused-ring (bicyclic) bond motifs is 1. The average Bonchev–Trinajstić information content (AvgIpc) is 2.76. The number of nitrogens with one attached hydrogen (secondary N) is 1. The fourth-order valence-electron chi connectivity index (χ4n) is 3.40. The number of nitrogens with zero attached hydrogens (tertiary/aromatic N) is 2. The van der Waals surface area contributed by atoms with Crippen molar-refractivity contribution in [3.63, 3.8) is 0 Å². The molecule has 0 spiro atoms. The Morgan fingerprint density at radius 2 is 1.75 bits per heavy atom. The zero-order chi connectivity index (χ0) is 22.9. The summed E-state index contributed by atoms with van der Waals surface area (Å²) in [5.74, 6) is -2.52. The fraction of sp³-hybridized carbons (Fsp3) is 0.0870. The van der Waals surface area contributed by atoms with E-state index in [2.05, 4.69) is 15.3 Å². The van der Waals surface area contributed by atoms with E-state index >= 15 is 0 Å². The van der Waals surface area contributed by atoms with Gasteiger partial charge in [-0.05, 0) is 34.9 Å². The minimum atomic E-state index is -4.76. The van der Waals surface area contributed by atoms with Crippen LogP contribution in [0.3, 0.4) is 0 Å². The van der Waals surface area contributed by atoms with Gasteiger partial charge in [0.2, 0.25) is 5.82 Å². The second-order valence-corrected chi connectivity index (χ2v) is 7.36. The Kier molecular flexibility index (Phi) is 5.71. The molecule has 0 aliphatic carbocycles. The van der Waals surface area contributed by atoms with Crippen LogP contribution in [0.25, 0.3) is 22.0 Å². The van der Waals surface area contributed by atoms with Crippen molar-refractivity contribution < 1.29 is 23.1 Å². The Morgan fingerprint density at radius 1 is 1.00 bits per heavy atom. The van der Waals surface area contributed by atoms with Gasteiger partial charge in [-0.3, -0.25) is 0 Å². The van der Waals surface area contributed by atoms with Gasteiger partial charge in [0, 0.05) is 17.0 Å². The summed E-state index contributed by atoms with van der Waals surface area (Å²) in [6.07, 6.45) is -4.76. The molecule has 1 heterocycles. The molecular weight excluding hydrogens is 443 g/mol. The van der Waals surface area contributed by atoms with E-state index in [1.165, 1.54) is 18.2 Å². The van der Waals surface area contributed by atoms with Crippen LogP contribution in [0.2, 0.25) is 5.02 Å². The standard InChI is InChI=1S/C23H15ClF3N3O2/c24-15-9-10-17-18(11-15)29-22(23(25,26)27)30-20(17)28-12-14-7-4-8-16(19(14)21(31)32)13-5-2-1-3-6-13/h1-11H,12H2,(H,31,32)(H,28,29,30). The molecule has 0 fully saturated rings. The van der Waals surface area contributed by atoms with Crippen LogP contribution in [0.1, 0.15) is 21.7 Å². The molecule has 162 valence electrons. The molecule has 3 aromatic carbocycles. The van der Waals surface area contributed by atoms with Crippen molar-refractivity contribution in [2.75, 3.05) is 5.32 Å². The van der Waals surface area contributed by atoms with Gasteiger partial charge in [-0.2, -0.15) is 13.2 Å². The summed E-state index contributed by atoms with van der Waals surface area (Å²) in [5.41, 5.74) is 1.71. The third-order valence-electron chi connectivity index (χ3n) is 4.81. The van der Waals surface area contributed by atoms with Crippen LogP contribution in [0.5, 0.6) is 0 Å². The van der Waals surface area contributed by atoms with Crippen LogP contribution in [0, 0.1) is 0 Å². The van der Waals surface area contributed by atoms with Gasteiger partial charge in [0.15, 0.2) is 0 Å². The summed E-state index contributed by atoms with van der Waals surface area (Å²) in [6, 6.07) is 18.3. The number of alkyl halides is 3. The van der Waals surface area contributed by atoms with E-state index in [9.17, 15) is 23.1 Å². The number of carboxylic acids is 1. The number of hydrogen-bond acceptors (Lipinski definition) is 4. The summed E-state index contributed by atoms with van der Waals surface area (Å²) in [7, 11) is 0. The van der Waals surface area contributed by atoms with E-state index in [4.69, 9.17) is 11.6 Å². The van der Waals surface area contributed by atoms with E-state index < -0.39 is 18.0 Å². The highest BCUT2D eigenvalue weighted by Crippen LogP contribution is 2.32. The summed E-state index contributed by atoms with van der Waals surface area (Å²) < 4.78 is 39.9.